The van der Waals surface area contributed by atoms with Crippen molar-refractivity contribution in [1.29, 1.82) is 0 Å². The third-order valence-corrected chi connectivity index (χ3v) is 3.57. The fourth-order valence-electron chi connectivity index (χ4n) is 1.51. The Kier molecular flexibility index (Phi) is 6.50. The first-order valence-corrected chi connectivity index (χ1v) is 6.90. The summed E-state index contributed by atoms with van der Waals surface area (Å²) >= 11 is 2.14. The summed E-state index contributed by atoms with van der Waals surface area (Å²) in [5.41, 5.74) is 0.646. The van der Waals surface area contributed by atoms with Gasteiger partial charge in [-0.15, -0.1) is 0 Å². The highest BCUT2D eigenvalue weighted by atomic mass is 127. The topological polar surface area (TPSA) is 29.5 Å². The highest BCUT2D eigenvalue weighted by molar-refractivity contribution is 14.1. The molecule has 3 nitrogen and oxygen atoms in total. The van der Waals surface area contributed by atoms with Crippen molar-refractivity contribution in [2.45, 2.75) is 13.8 Å². The van der Waals surface area contributed by atoms with E-state index < -0.39 is 0 Å². The Morgan fingerprint density at radius 2 is 1.94 bits per heavy atom. The van der Waals surface area contributed by atoms with Crippen LogP contribution in [-0.2, 0) is 4.74 Å². The van der Waals surface area contributed by atoms with Crippen LogP contribution in [0.4, 0.5) is 0 Å². The van der Waals surface area contributed by atoms with E-state index in [0.717, 1.165) is 23.2 Å². The number of carbonyl (C=O) groups is 1. The van der Waals surface area contributed by atoms with E-state index in [-0.39, 0.29) is 5.97 Å². The molecule has 1 aromatic carbocycles. The molecule has 0 N–H and O–H groups in total. The van der Waals surface area contributed by atoms with Crippen molar-refractivity contribution in [2.24, 2.45) is 0 Å². The van der Waals surface area contributed by atoms with Crippen LogP contribution >= 0.6 is 22.6 Å². The van der Waals surface area contributed by atoms with Crippen molar-refractivity contribution < 1.29 is 9.53 Å². The molecule has 0 amide bonds. The smallest absolute Gasteiger partial charge is 0.339 e. The average molecular weight is 347 g/mol. The fourth-order valence-corrected chi connectivity index (χ4v) is 2.12. The molecule has 0 aromatic heterocycles. The van der Waals surface area contributed by atoms with Crippen LogP contribution < -0.4 is 0 Å². The molecule has 0 aliphatic rings. The molecule has 1 rings (SSSR count). The highest BCUT2D eigenvalue weighted by Crippen LogP contribution is 2.12. The molecular formula is C13H18INO2. The number of rotatable bonds is 6. The van der Waals surface area contributed by atoms with Crippen LogP contribution in [0.25, 0.3) is 0 Å². The third kappa shape index (κ3) is 4.63. The number of carbonyl (C=O) groups excluding carboxylic acids is 1. The van der Waals surface area contributed by atoms with Gasteiger partial charge in [-0.1, -0.05) is 26.0 Å². The molecule has 4 heteroatoms. The van der Waals surface area contributed by atoms with Gasteiger partial charge in [-0.2, -0.15) is 0 Å². The standard InChI is InChI=1S/C13H18INO2/c1-3-15(4-2)9-10-17-13(16)11-7-5-6-8-12(11)14/h5-8H,3-4,9-10H2,1-2H3. The Morgan fingerprint density at radius 1 is 1.29 bits per heavy atom. The number of hydrogen-bond donors (Lipinski definition) is 0. The predicted molar refractivity (Wildman–Crippen MR) is 77.2 cm³/mol. The van der Waals surface area contributed by atoms with E-state index in [9.17, 15) is 4.79 Å². The van der Waals surface area contributed by atoms with Gasteiger partial charge in [-0.25, -0.2) is 4.79 Å². The summed E-state index contributed by atoms with van der Waals surface area (Å²) in [4.78, 5) is 14.0. The number of halogens is 1. The van der Waals surface area contributed by atoms with Crippen LogP contribution in [0.5, 0.6) is 0 Å². The normalized spacial score (nSPS) is 10.6. The van der Waals surface area contributed by atoms with Crippen LogP contribution in [0.2, 0.25) is 0 Å². The lowest BCUT2D eigenvalue weighted by Crippen LogP contribution is -2.28. The number of likely N-dealkylation sites (N-methyl/N-ethyl adjacent to an activating group) is 1. The Morgan fingerprint density at radius 3 is 2.53 bits per heavy atom. The maximum Gasteiger partial charge on any atom is 0.339 e. The number of ether oxygens (including phenoxy) is 1. The zero-order valence-corrected chi connectivity index (χ0v) is 12.4. The Labute approximate surface area is 116 Å². The van der Waals surface area contributed by atoms with Crippen molar-refractivity contribution in [3.05, 3.63) is 33.4 Å². The van der Waals surface area contributed by atoms with Gasteiger partial charge in [-0.3, -0.25) is 0 Å². The summed E-state index contributed by atoms with van der Waals surface area (Å²) < 4.78 is 6.19. The van der Waals surface area contributed by atoms with Crippen molar-refractivity contribution in [3.8, 4) is 0 Å². The minimum atomic E-state index is -0.234. The van der Waals surface area contributed by atoms with Crippen LogP contribution in [0.1, 0.15) is 24.2 Å². The highest BCUT2D eigenvalue weighted by Gasteiger charge is 2.10. The molecule has 0 atom stereocenters. The lowest BCUT2D eigenvalue weighted by Gasteiger charge is -2.17. The van der Waals surface area contributed by atoms with E-state index >= 15 is 0 Å². The summed E-state index contributed by atoms with van der Waals surface area (Å²) in [7, 11) is 0. The second-order valence-corrected chi connectivity index (χ2v) is 4.80. The minimum absolute atomic E-state index is 0.234. The zero-order chi connectivity index (χ0) is 12.7. The summed E-state index contributed by atoms with van der Waals surface area (Å²) in [5, 5.41) is 0. The molecule has 0 fully saturated rings. The molecule has 0 saturated carbocycles. The third-order valence-electron chi connectivity index (χ3n) is 2.63. The summed E-state index contributed by atoms with van der Waals surface area (Å²) in [6, 6.07) is 7.46. The van der Waals surface area contributed by atoms with Gasteiger partial charge in [0.2, 0.25) is 0 Å². The first-order valence-electron chi connectivity index (χ1n) is 5.83. The van der Waals surface area contributed by atoms with Gasteiger partial charge in [0.05, 0.1) is 5.56 Å². The van der Waals surface area contributed by atoms with E-state index in [0.29, 0.717) is 12.2 Å². The minimum Gasteiger partial charge on any atom is -0.461 e. The first kappa shape index (κ1) is 14.4. The van der Waals surface area contributed by atoms with E-state index in [4.69, 9.17) is 4.74 Å². The molecule has 0 bridgehead atoms. The summed E-state index contributed by atoms with van der Waals surface area (Å²) in [6.45, 7) is 7.42. The van der Waals surface area contributed by atoms with E-state index in [1.165, 1.54) is 0 Å². The Bertz CT molecular complexity index is 364. The molecule has 0 unspecified atom stereocenters. The maximum absolute atomic E-state index is 11.8. The molecule has 17 heavy (non-hydrogen) atoms. The second-order valence-electron chi connectivity index (χ2n) is 3.64. The van der Waals surface area contributed by atoms with Crippen molar-refractivity contribution in [3.63, 3.8) is 0 Å². The largest absolute Gasteiger partial charge is 0.461 e. The zero-order valence-electron chi connectivity index (χ0n) is 10.3. The lowest BCUT2D eigenvalue weighted by atomic mass is 10.2. The van der Waals surface area contributed by atoms with Gasteiger partial charge in [-0.05, 0) is 47.8 Å². The number of benzene rings is 1. The predicted octanol–water partition coefficient (Wildman–Crippen LogP) is 2.79. The summed E-state index contributed by atoms with van der Waals surface area (Å²) in [5.74, 6) is -0.234. The maximum atomic E-state index is 11.8. The Hall–Kier alpha value is -0.620. The van der Waals surface area contributed by atoms with Crippen LogP contribution in [-0.4, -0.2) is 37.1 Å². The molecule has 0 radical (unpaired) electrons. The van der Waals surface area contributed by atoms with E-state index in [1.807, 2.05) is 18.2 Å². The molecule has 0 saturated heterocycles. The fraction of sp³-hybridized carbons (Fsp3) is 0.462. The molecule has 1 aromatic rings. The van der Waals surface area contributed by atoms with Gasteiger partial charge in [0.25, 0.3) is 0 Å². The lowest BCUT2D eigenvalue weighted by molar-refractivity contribution is 0.0465. The molecule has 0 spiro atoms. The van der Waals surface area contributed by atoms with Crippen LogP contribution in [0, 0.1) is 3.57 Å². The number of esters is 1. The Balaban J connectivity index is 2.43. The van der Waals surface area contributed by atoms with Crippen molar-refractivity contribution in [1.82, 2.24) is 4.90 Å². The molecule has 94 valence electrons. The molecule has 0 heterocycles. The summed E-state index contributed by atoms with van der Waals surface area (Å²) in [6.07, 6.45) is 0. The van der Waals surface area contributed by atoms with Gasteiger partial charge in [0, 0.05) is 10.1 Å². The van der Waals surface area contributed by atoms with Crippen molar-refractivity contribution >= 4 is 28.6 Å². The second kappa shape index (κ2) is 7.66. The monoisotopic (exact) mass is 347 g/mol. The quantitative estimate of drug-likeness (QED) is 0.586. The molecule has 0 aliphatic heterocycles. The first-order chi connectivity index (χ1) is 8.19. The van der Waals surface area contributed by atoms with Crippen LogP contribution in [0.3, 0.4) is 0 Å². The van der Waals surface area contributed by atoms with E-state index in [1.54, 1.807) is 6.07 Å². The van der Waals surface area contributed by atoms with Gasteiger partial charge >= 0.3 is 5.97 Å². The number of nitrogens with zero attached hydrogens (tertiary/aromatic N) is 1. The average Bonchev–Trinajstić information content (AvgIpc) is 2.35. The van der Waals surface area contributed by atoms with Gasteiger partial charge in [0.15, 0.2) is 0 Å². The van der Waals surface area contributed by atoms with E-state index in [2.05, 4.69) is 41.3 Å². The van der Waals surface area contributed by atoms with Crippen LogP contribution in [0.15, 0.2) is 24.3 Å². The van der Waals surface area contributed by atoms with Crippen molar-refractivity contribution in [2.75, 3.05) is 26.2 Å². The van der Waals surface area contributed by atoms with Gasteiger partial charge in [0.1, 0.15) is 6.61 Å². The molecule has 0 aliphatic carbocycles. The van der Waals surface area contributed by atoms with Gasteiger partial charge < -0.3 is 9.64 Å². The SMILES string of the molecule is CCN(CC)CCOC(=O)c1ccccc1I. The molecular weight excluding hydrogens is 329 g/mol. The number of hydrogen-bond acceptors (Lipinski definition) is 3.